The van der Waals surface area contributed by atoms with Crippen LogP contribution in [0.25, 0.3) is 34.3 Å². The molecule has 1 aromatic heterocycles. The number of amides is 1. The standard InChI is InChI=1S/C33H25N3O/c1-24-30(33(37)36(34-24)29-20-12-5-13-21-29)22-27-23-31(25-14-6-2-7-15-25)35(28-18-10-4-11-19-28)32(27)26-16-8-3-9-17-26/h2-23H,1H3/b30-22+. The van der Waals surface area contributed by atoms with Gasteiger partial charge in [-0.15, -0.1) is 0 Å². The average Bonchev–Trinajstić information content (AvgIpc) is 3.48. The SMILES string of the molecule is CC1=NN(c2ccccc2)C(=O)/C1=C/c1cc(-c2ccccc2)n(-c2ccccc2)c1-c1ccccc1. The maximum Gasteiger partial charge on any atom is 0.280 e. The lowest BCUT2D eigenvalue weighted by Gasteiger charge is -2.15. The molecule has 4 nitrogen and oxygen atoms in total. The molecule has 0 unspecified atom stereocenters. The van der Waals surface area contributed by atoms with E-state index in [-0.39, 0.29) is 5.91 Å². The van der Waals surface area contributed by atoms with Crippen molar-refractivity contribution in [2.45, 2.75) is 6.92 Å². The van der Waals surface area contributed by atoms with Crippen LogP contribution in [0.1, 0.15) is 12.5 Å². The Bertz CT molecular complexity index is 1620. The molecule has 0 radical (unpaired) electrons. The van der Waals surface area contributed by atoms with Gasteiger partial charge in [0.2, 0.25) is 0 Å². The molecular weight excluding hydrogens is 454 g/mol. The van der Waals surface area contributed by atoms with Gasteiger partial charge >= 0.3 is 0 Å². The van der Waals surface area contributed by atoms with Crippen molar-refractivity contribution in [3.05, 3.63) is 139 Å². The Morgan fingerprint density at radius 2 is 1.16 bits per heavy atom. The van der Waals surface area contributed by atoms with Crippen molar-refractivity contribution >= 4 is 23.4 Å². The Labute approximate surface area is 216 Å². The van der Waals surface area contributed by atoms with Crippen molar-refractivity contribution < 1.29 is 4.79 Å². The number of benzene rings is 4. The molecule has 0 aliphatic carbocycles. The highest BCUT2D eigenvalue weighted by Gasteiger charge is 2.29. The Balaban J connectivity index is 1.59. The van der Waals surface area contributed by atoms with Gasteiger partial charge in [0.1, 0.15) is 0 Å². The van der Waals surface area contributed by atoms with Gasteiger partial charge in [-0.1, -0.05) is 97.1 Å². The van der Waals surface area contributed by atoms with Gasteiger partial charge in [0.15, 0.2) is 0 Å². The summed E-state index contributed by atoms with van der Waals surface area (Å²) in [6.07, 6.45) is 1.98. The Hall–Kier alpha value is -4.96. The van der Waals surface area contributed by atoms with Crippen LogP contribution in [0, 0.1) is 0 Å². The summed E-state index contributed by atoms with van der Waals surface area (Å²) in [5, 5.41) is 6.07. The number of rotatable bonds is 5. The second kappa shape index (κ2) is 9.59. The van der Waals surface area contributed by atoms with E-state index in [1.807, 2.05) is 97.9 Å². The predicted octanol–water partition coefficient (Wildman–Crippen LogP) is 7.62. The number of aromatic nitrogens is 1. The first-order valence-electron chi connectivity index (χ1n) is 12.3. The summed E-state index contributed by atoms with van der Waals surface area (Å²) in [4.78, 5) is 13.5. The third-order valence-electron chi connectivity index (χ3n) is 6.52. The van der Waals surface area contributed by atoms with E-state index in [1.54, 1.807) is 0 Å². The number of carbonyl (C=O) groups excluding carboxylic acids is 1. The lowest BCUT2D eigenvalue weighted by Crippen LogP contribution is -2.21. The van der Waals surface area contributed by atoms with Gasteiger partial charge in [0.25, 0.3) is 5.91 Å². The minimum Gasteiger partial charge on any atom is -0.309 e. The highest BCUT2D eigenvalue weighted by atomic mass is 16.2. The smallest absolute Gasteiger partial charge is 0.280 e. The van der Waals surface area contributed by atoms with Crippen LogP contribution in [-0.4, -0.2) is 16.2 Å². The van der Waals surface area contributed by atoms with Crippen molar-refractivity contribution in [1.29, 1.82) is 0 Å². The number of carbonyl (C=O) groups is 1. The number of para-hydroxylation sites is 2. The van der Waals surface area contributed by atoms with E-state index < -0.39 is 0 Å². The van der Waals surface area contributed by atoms with Gasteiger partial charge in [0.05, 0.1) is 28.4 Å². The molecule has 178 valence electrons. The van der Waals surface area contributed by atoms with Crippen LogP contribution >= 0.6 is 0 Å². The fourth-order valence-electron chi connectivity index (χ4n) is 4.78. The number of hydrogen-bond donors (Lipinski definition) is 0. The molecule has 0 bridgehead atoms. The lowest BCUT2D eigenvalue weighted by molar-refractivity contribution is -0.114. The van der Waals surface area contributed by atoms with E-state index in [9.17, 15) is 4.79 Å². The van der Waals surface area contributed by atoms with E-state index in [4.69, 9.17) is 0 Å². The molecule has 6 rings (SSSR count). The summed E-state index contributed by atoms with van der Waals surface area (Å²) in [5.41, 5.74) is 8.30. The maximum absolute atomic E-state index is 13.5. The van der Waals surface area contributed by atoms with E-state index >= 15 is 0 Å². The zero-order chi connectivity index (χ0) is 25.2. The van der Waals surface area contributed by atoms with Crippen molar-refractivity contribution in [3.8, 4) is 28.2 Å². The molecule has 2 heterocycles. The third kappa shape index (κ3) is 4.19. The van der Waals surface area contributed by atoms with Gasteiger partial charge in [-0.3, -0.25) is 4.79 Å². The Kier molecular flexibility index (Phi) is 5.83. The molecule has 4 aromatic carbocycles. The van der Waals surface area contributed by atoms with Crippen LogP contribution in [0.5, 0.6) is 0 Å². The third-order valence-corrected chi connectivity index (χ3v) is 6.52. The van der Waals surface area contributed by atoms with Gasteiger partial charge in [-0.25, -0.2) is 0 Å². The van der Waals surface area contributed by atoms with E-state index in [1.165, 1.54) is 5.01 Å². The van der Waals surface area contributed by atoms with E-state index in [0.717, 1.165) is 39.5 Å². The van der Waals surface area contributed by atoms with Gasteiger partial charge in [-0.2, -0.15) is 10.1 Å². The molecule has 37 heavy (non-hydrogen) atoms. The number of hydrogen-bond acceptors (Lipinski definition) is 2. The van der Waals surface area contributed by atoms with Crippen molar-refractivity contribution in [2.24, 2.45) is 5.10 Å². The van der Waals surface area contributed by atoms with Crippen molar-refractivity contribution in [2.75, 3.05) is 5.01 Å². The van der Waals surface area contributed by atoms with Crippen LogP contribution in [0.15, 0.2) is 138 Å². The molecule has 1 aliphatic rings. The summed E-state index contributed by atoms with van der Waals surface area (Å²) >= 11 is 0. The molecule has 5 aromatic rings. The number of nitrogens with zero attached hydrogens (tertiary/aromatic N) is 3. The Morgan fingerprint density at radius 1 is 0.649 bits per heavy atom. The van der Waals surface area contributed by atoms with E-state index in [0.29, 0.717) is 11.3 Å². The maximum atomic E-state index is 13.5. The fourth-order valence-corrected chi connectivity index (χ4v) is 4.78. The lowest BCUT2D eigenvalue weighted by atomic mass is 10.0. The molecule has 0 saturated carbocycles. The fraction of sp³-hybridized carbons (Fsp3) is 0.0303. The largest absolute Gasteiger partial charge is 0.309 e. The molecule has 0 atom stereocenters. The molecule has 0 fully saturated rings. The highest BCUT2D eigenvalue weighted by Crippen LogP contribution is 2.38. The number of hydrazone groups is 1. The van der Waals surface area contributed by atoms with Crippen LogP contribution in [0.4, 0.5) is 5.69 Å². The van der Waals surface area contributed by atoms with Crippen LogP contribution in [-0.2, 0) is 4.79 Å². The topological polar surface area (TPSA) is 37.6 Å². The molecule has 1 aliphatic heterocycles. The first-order valence-corrected chi connectivity index (χ1v) is 12.3. The van der Waals surface area contributed by atoms with Gasteiger partial charge in [-0.05, 0) is 54.5 Å². The minimum atomic E-state index is -0.128. The second-order valence-electron chi connectivity index (χ2n) is 8.93. The second-order valence-corrected chi connectivity index (χ2v) is 8.93. The summed E-state index contributed by atoms with van der Waals surface area (Å²) < 4.78 is 2.28. The monoisotopic (exact) mass is 479 g/mol. The van der Waals surface area contributed by atoms with E-state index in [2.05, 4.69) is 52.1 Å². The predicted molar refractivity (Wildman–Crippen MR) is 152 cm³/mol. The summed E-state index contributed by atoms with van der Waals surface area (Å²) in [6, 6.07) is 42.7. The normalized spacial score (nSPS) is 14.3. The first-order chi connectivity index (χ1) is 18.2. The first kappa shape index (κ1) is 22.5. The van der Waals surface area contributed by atoms with Crippen LogP contribution in [0.3, 0.4) is 0 Å². The van der Waals surface area contributed by atoms with Crippen molar-refractivity contribution in [1.82, 2.24) is 4.57 Å². The zero-order valence-electron chi connectivity index (χ0n) is 20.5. The minimum absolute atomic E-state index is 0.128. The van der Waals surface area contributed by atoms with Crippen LogP contribution in [0.2, 0.25) is 0 Å². The average molecular weight is 480 g/mol. The van der Waals surface area contributed by atoms with Crippen LogP contribution < -0.4 is 5.01 Å². The summed E-state index contributed by atoms with van der Waals surface area (Å²) in [5.74, 6) is -0.128. The molecule has 1 amide bonds. The summed E-state index contributed by atoms with van der Waals surface area (Å²) in [7, 11) is 0. The van der Waals surface area contributed by atoms with Gasteiger partial charge < -0.3 is 4.57 Å². The summed E-state index contributed by atoms with van der Waals surface area (Å²) in [6.45, 7) is 1.89. The molecule has 4 heteroatoms. The quantitative estimate of drug-likeness (QED) is 0.239. The molecule has 0 saturated heterocycles. The molecule has 0 N–H and O–H groups in total. The van der Waals surface area contributed by atoms with Crippen molar-refractivity contribution in [3.63, 3.8) is 0 Å². The highest BCUT2D eigenvalue weighted by molar-refractivity contribution is 6.32. The number of anilines is 1. The molecule has 0 spiro atoms. The van der Waals surface area contributed by atoms with Gasteiger partial charge in [0, 0.05) is 11.3 Å². The zero-order valence-corrected chi connectivity index (χ0v) is 20.5. The molecular formula is C33H25N3O. The Morgan fingerprint density at radius 3 is 1.76 bits per heavy atom.